The van der Waals surface area contributed by atoms with Gasteiger partial charge in [0.25, 0.3) is 5.91 Å². The molecule has 2 heterocycles. The van der Waals surface area contributed by atoms with Crippen LogP contribution in [0, 0.1) is 5.92 Å². The number of carbonyl (C=O) groups excluding carboxylic acids is 3. The summed E-state index contributed by atoms with van der Waals surface area (Å²) >= 11 is 0. The number of nitrogens with zero attached hydrogens (tertiary/aromatic N) is 2. The molecule has 0 saturated carbocycles. The van der Waals surface area contributed by atoms with E-state index in [2.05, 4.69) is 10.1 Å². The summed E-state index contributed by atoms with van der Waals surface area (Å²) in [6.07, 6.45) is -4.72. The number of methoxy groups -OCH3 is 1. The minimum atomic E-state index is -4.68. The molecule has 3 rings (SSSR count). The van der Waals surface area contributed by atoms with Crippen molar-refractivity contribution in [2.75, 3.05) is 51.8 Å². The average molecular weight is 429 g/mol. The highest BCUT2D eigenvalue weighted by molar-refractivity contribution is 5.98. The first kappa shape index (κ1) is 21.9. The fraction of sp³-hybridized carbons (Fsp3) is 0.526. The number of halogens is 3. The van der Waals surface area contributed by atoms with Crippen molar-refractivity contribution in [3.05, 3.63) is 29.3 Å². The van der Waals surface area contributed by atoms with Gasteiger partial charge < -0.3 is 24.6 Å². The normalized spacial score (nSPS) is 19.5. The van der Waals surface area contributed by atoms with Crippen LogP contribution >= 0.6 is 0 Å². The molecule has 8 nitrogen and oxygen atoms in total. The molecule has 0 aromatic heterocycles. The third-order valence-electron chi connectivity index (χ3n) is 5.08. The second kappa shape index (κ2) is 8.90. The number of nitrogens with one attached hydrogen (secondary N) is 1. The summed E-state index contributed by atoms with van der Waals surface area (Å²) < 4.78 is 49.8. The second-order valence-electron chi connectivity index (χ2n) is 7.10. The van der Waals surface area contributed by atoms with Crippen molar-refractivity contribution in [3.63, 3.8) is 0 Å². The largest absolute Gasteiger partial charge is 0.453 e. The van der Waals surface area contributed by atoms with E-state index in [0.717, 1.165) is 12.1 Å². The number of benzene rings is 1. The molecule has 1 atom stereocenters. The number of amides is 3. The lowest BCUT2D eigenvalue weighted by molar-refractivity contribution is -0.137. The predicted octanol–water partition coefficient (Wildman–Crippen LogP) is 2.20. The molecule has 1 N–H and O–H groups in total. The van der Waals surface area contributed by atoms with Crippen LogP contribution in [0.4, 0.5) is 23.7 Å². The molecule has 2 fully saturated rings. The molecule has 1 aromatic rings. The van der Waals surface area contributed by atoms with Crippen LogP contribution in [-0.4, -0.2) is 74.2 Å². The number of piperazine rings is 1. The predicted molar refractivity (Wildman–Crippen MR) is 98.9 cm³/mol. The van der Waals surface area contributed by atoms with Crippen molar-refractivity contribution in [2.45, 2.75) is 12.6 Å². The zero-order valence-corrected chi connectivity index (χ0v) is 16.3. The van der Waals surface area contributed by atoms with Crippen molar-refractivity contribution in [1.82, 2.24) is 9.80 Å². The summed E-state index contributed by atoms with van der Waals surface area (Å²) in [5.74, 6) is -1.49. The summed E-state index contributed by atoms with van der Waals surface area (Å²) in [7, 11) is 1.25. The maximum Gasteiger partial charge on any atom is 0.416 e. The Morgan fingerprint density at radius 1 is 1.10 bits per heavy atom. The van der Waals surface area contributed by atoms with Gasteiger partial charge in [0.1, 0.15) is 0 Å². The topological polar surface area (TPSA) is 88.2 Å². The van der Waals surface area contributed by atoms with Gasteiger partial charge in [0.2, 0.25) is 5.91 Å². The molecule has 3 amide bonds. The first-order chi connectivity index (χ1) is 14.2. The molecule has 164 valence electrons. The number of alkyl halides is 3. The van der Waals surface area contributed by atoms with Gasteiger partial charge in [-0.15, -0.1) is 0 Å². The molecule has 0 spiro atoms. The molecule has 1 unspecified atom stereocenters. The van der Waals surface area contributed by atoms with Gasteiger partial charge in [-0.25, -0.2) is 4.79 Å². The third kappa shape index (κ3) is 5.02. The lowest BCUT2D eigenvalue weighted by Gasteiger charge is -2.34. The number of anilines is 1. The summed E-state index contributed by atoms with van der Waals surface area (Å²) in [6, 6.07) is 2.81. The van der Waals surface area contributed by atoms with E-state index >= 15 is 0 Å². The monoisotopic (exact) mass is 429 g/mol. The van der Waals surface area contributed by atoms with Crippen molar-refractivity contribution < 1.29 is 37.0 Å². The van der Waals surface area contributed by atoms with Crippen molar-refractivity contribution in [1.29, 1.82) is 0 Å². The van der Waals surface area contributed by atoms with E-state index in [1.54, 1.807) is 0 Å². The Balaban J connectivity index is 1.78. The Hall–Kier alpha value is -2.82. The first-order valence-electron chi connectivity index (χ1n) is 9.42. The van der Waals surface area contributed by atoms with Crippen molar-refractivity contribution >= 4 is 23.6 Å². The van der Waals surface area contributed by atoms with Crippen molar-refractivity contribution in [3.8, 4) is 0 Å². The summed E-state index contributed by atoms with van der Waals surface area (Å²) in [6.45, 7) is 1.37. The van der Waals surface area contributed by atoms with Crippen LogP contribution < -0.4 is 5.32 Å². The van der Waals surface area contributed by atoms with Gasteiger partial charge in [-0.1, -0.05) is 0 Å². The maximum atomic E-state index is 13.4. The van der Waals surface area contributed by atoms with Gasteiger partial charge in [-0.2, -0.15) is 13.2 Å². The van der Waals surface area contributed by atoms with Gasteiger partial charge in [0, 0.05) is 44.0 Å². The third-order valence-corrected chi connectivity index (χ3v) is 5.08. The molecule has 0 bridgehead atoms. The standard InChI is InChI=1S/C19H22F3N3O5/c1-29-18(28)25-5-3-24(4-6-25)17(27)13-8-14(19(20,21)22)10-15(9-13)23-16(26)12-2-7-30-11-12/h8-10,12H,2-7,11H2,1H3,(H,23,26). The number of hydrogen-bond acceptors (Lipinski definition) is 5. The van der Waals surface area contributed by atoms with E-state index < -0.39 is 35.6 Å². The van der Waals surface area contributed by atoms with Gasteiger partial charge in [0.05, 0.1) is 25.2 Å². The average Bonchev–Trinajstić information content (AvgIpc) is 3.27. The Bertz CT molecular complexity index is 816. The van der Waals surface area contributed by atoms with Crippen LogP contribution in [0.25, 0.3) is 0 Å². The van der Waals surface area contributed by atoms with Crippen LogP contribution in [0.2, 0.25) is 0 Å². The van der Waals surface area contributed by atoms with Crippen LogP contribution in [-0.2, 0) is 20.4 Å². The Kier molecular flexibility index (Phi) is 6.49. The molecular formula is C19H22F3N3O5. The summed E-state index contributed by atoms with van der Waals surface area (Å²) in [5.41, 5.74) is -1.31. The zero-order chi connectivity index (χ0) is 21.9. The van der Waals surface area contributed by atoms with Crippen LogP contribution in [0.1, 0.15) is 22.3 Å². The molecule has 2 aliphatic heterocycles. The molecule has 1 aromatic carbocycles. The molecule has 2 saturated heterocycles. The Morgan fingerprint density at radius 2 is 1.77 bits per heavy atom. The Labute approximate surface area is 170 Å². The molecule has 11 heteroatoms. The van der Waals surface area contributed by atoms with E-state index in [4.69, 9.17) is 4.74 Å². The number of rotatable bonds is 3. The SMILES string of the molecule is COC(=O)N1CCN(C(=O)c2cc(NC(=O)C3CCOC3)cc(C(F)(F)F)c2)CC1. The fourth-order valence-corrected chi connectivity index (χ4v) is 3.38. The first-order valence-corrected chi connectivity index (χ1v) is 9.42. The van der Waals surface area contributed by atoms with E-state index in [-0.39, 0.29) is 44.0 Å². The van der Waals surface area contributed by atoms with Gasteiger partial charge >= 0.3 is 12.3 Å². The molecular weight excluding hydrogens is 407 g/mol. The Morgan fingerprint density at radius 3 is 2.33 bits per heavy atom. The zero-order valence-electron chi connectivity index (χ0n) is 16.3. The smallest absolute Gasteiger partial charge is 0.416 e. The second-order valence-corrected chi connectivity index (χ2v) is 7.10. The molecule has 0 aliphatic carbocycles. The minimum Gasteiger partial charge on any atom is -0.453 e. The van der Waals surface area contributed by atoms with Crippen molar-refractivity contribution in [2.24, 2.45) is 5.92 Å². The maximum absolute atomic E-state index is 13.4. The van der Waals surface area contributed by atoms with Gasteiger partial charge in [0.15, 0.2) is 0 Å². The highest BCUT2D eigenvalue weighted by Crippen LogP contribution is 2.32. The number of ether oxygens (including phenoxy) is 2. The van der Waals surface area contributed by atoms with Crippen LogP contribution in [0.5, 0.6) is 0 Å². The van der Waals surface area contributed by atoms with Gasteiger partial charge in [-0.05, 0) is 24.6 Å². The molecule has 2 aliphatic rings. The number of carbonyl (C=O) groups is 3. The highest BCUT2D eigenvalue weighted by atomic mass is 19.4. The molecule has 30 heavy (non-hydrogen) atoms. The summed E-state index contributed by atoms with van der Waals surface area (Å²) in [4.78, 5) is 39.4. The molecule has 0 radical (unpaired) electrons. The van der Waals surface area contributed by atoms with Crippen LogP contribution in [0.3, 0.4) is 0 Å². The highest BCUT2D eigenvalue weighted by Gasteiger charge is 2.33. The fourth-order valence-electron chi connectivity index (χ4n) is 3.38. The van der Waals surface area contributed by atoms with Crippen LogP contribution in [0.15, 0.2) is 18.2 Å². The lowest BCUT2D eigenvalue weighted by Crippen LogP contribution is -2.50. The van der Waals surface area contributed by atoms with E-state index in [9.17, 15) is 27.6 Å². The minimum absolute atomic E-state index is 0.0988. The van der Waals surface area contributed by atoms with E-state index in [1.807, 2.05) is 0 Å². The summed E-state index contributed by atoms with van der Waals surface area (Å²) in [5, 5.41) is 2.47. The quantitative estimate of drug-likeness (QED) is 0.796. The van der Waals surface area contributed by atoms with E-state index in [0.29, 0.717) is 13.0 Å². The van der Waals surface area contributed by atoms with E-state index in [1.165, 1.54) is 23.0 Å². The lowest BCUT2D eigenvalue weighted by atomic mass is 10.1. The van der Waals surface area contributed by atoms with Gasteiger partial charge in [-0.3, -0.25) is 9.59 Å². The number of hydrogen-bond donors (Lipinski definition) is 1.